The molecule has 0 aliphatic rings. The van der Waals surface area contributed by atoms with E-state index < -0.39 is 0 Å². The lowest BCUT2D eigenvalue weighted by Gasteiger charge is -2.05. The van der Waals surface area contributed by atoms with E-state index >= 15 is 0 Å². The summed E-state index contributed by atoms with van der Waals surface area (Å²) in [5.74, 6) is 0.0641. The lowest BCUT2D eigenvalue weighted by molar-refractivity contribution is 0.101. The molecule has 1 heterocycles. The van der Waals surface area contributed by atoms with Gasteiger partial charge in [0.05, 0.1) is 11.9 Å². The molecule has 2 N–H and O–H groups in total. The van der Waals surface area contributed by atoms with Crippen LogP contribution in [0.3, 0.4) is 0 Å². The third-order valence-electron chi connectivity index (χ3n) is 2.45. The number of nitrogens with zero attached hydrogens (tertiary/aromatic N) is 1. The molecule has 2 rings (SSSR count). The van der Waals surface area contributed by atoms with Crippen molar-refractivity contribution in [3.63, 3.8) is 0 Å². The van der Waals surface area contributed by atoms with Crippen LogP contribution >= 0.6 is 0 Å². The maximum Gasteiger partial charge on any atom is 0.159 e. The quantitative estimate of drug-likeness (QED) is 0.778. The van der Waals surface area contributed by atoms with Gasteiger partial charge in [-0.15, -0.1) is 0 Å². The molecule has 0 amide bonds. The maximum atomic E-state index is 11.1. The third kappa shape index (κ3) is 1.93. The van der Waals surface area contributed by atoms with Crippen molar-refractivity contribution >= 4 is 11.5 Å². The minimum Gasteiger partial charge on any atom is -0.397 e. The van der Waals surface area contributed by atoms with Crippen molar-refractivity contribution < 1.29 is 4.79 Å². The molecule has 80 valence electrons. The number of carbonyl (C=O) groups is 1. The molecule has 1 aromatic carbocycles. The van der Waals surface area contributed by atoms with Crippen molar-refractivity contribution in [3.8, 4) is 11.1 Å². The number of hydrogen-bond acceptors (Lipinski definition) is 3. The highest BCUT2D eigenvalue weighted by Gasteiger charge is 2.03. The number of Topliss-reactive ketones (excluding diaryl/α,β-unsaturated/α-hetero) is 1. The first-order chi connectivity index (χ1) is 7.68. The zero-order valence-electron chi connectivity index (χ0n) is 8.97. The van der Waals surface area contributed by atoms with Gasteiger partial charge in [-0.25, -0.2) is 0 Å². The molecule has 0 aliphatic heterocycles. The summed E-state index contributed by atoms with van der Waals surface area (Å²) in [6, 6.07) is 9.25. The standard InChI is InChI=1S/C13H12N2O/c1-9(16)10-2-4-11(5-3-10)12-6-7-15-8-13(12)14/h2-8H,14H2,1H3. The van der Waals surface area contributed by atoms with E-state index in [0.717, 1.165) is 11.1 Å². The number of pyridine rings is 1. The SMILES string of the molecule is CC(=O)c1ccc(-c2ccncc2N)cc1. The van der Waals surface area contributed by atoms with Crippen LogP contribution in [0, 0.1) is 0 Å². The van der Waals surface area contributed by atoms with E-state index in [1.54, 1.807) is 31.5 Å². The Balaban J connectivity index is 2.43. The summed E-state index contributed by atoms with van der Waals surface area (Å²) in [6.45, 7) is 1.55. The molecule has 1 aromatic heterocycles. The molecule has 0 radical (unpaired) electrons. The van der Waals surface area contributed by atoms with Crippen molar-refractivity contribution in [1.82, 2.24) is 4.98 Å². The van der Waals surface area contributed by atoms with E-state index in [-0.39, 0.29) is 5.78 Å². The topological polar surface area (TPSA) is 56.0 Å². The van der Waals surface area contributed by atoms with Gasteiger partial charge in [0, 0.05) is 17.3 Å². The van der Waals surface area contributed by atoms with Crippen LogP contribution in [0.15, 0.2) is 42.7 Å². The van der Waals surface area contributed by atoms with Crippen LogP contribution < -0.4 is 5.73 Å². The van der Waals surface area contributed by atoms with Crippen molar-refractivity contribution in [1.29, 1.82) is 0 Å². The molecule has 0 unspecified atom stereocenters. The van der Waals surface area contributed by atoms with Crippen molar-refractivity contribution in [2.75, 3.05) is 5.73 Å². The lowest BCUT2D eigenvalue weighted by atomic mass is 10.0. The fourth-order valence-electron chi connectivity index (χ4n) is 1.55. The van der Waals surface area contributed by atoms with E-state index in [1.165, 1.54) is 0 Å². The monoisotopic (exact) mass is 212 g/mol. The Morgan fingerprint density at radius 1 is 1.19 bits per heavy atom. The first kappa shape index (κ1) is 10.4. The van der Waals surface area contributed by atoms with Gasteiger partial charge >= 0.3 is 0 Å². The minimum absolute atomic E-state index is 0.0641. The van der Waals surface area contributed by atoms with Gasteiger partial charge in [-0.1, -0.05) is 24.3 Å². The van der Waals surface area contributed by atoms with E-state index in [9.17, 15) is 4.79 Å². The molecule has 0 fully saturated rings. The van der Waals surface area contributed by atoms with Crippen LogP contribution in [0.1, 0.15) is 17.3 Å². The Kier molecular flexibility index (Phi) is 2.68. The maximum absolute atomic E-state index is 11.1. The summed E-state index contributed by atoms with van der Waals surface area (Å²) in [7, 11) is 0. The van der Waals surface area contributed by atoms with Crippen molar-refractivity contribution in [2.24, 2.45) is 0 Å². The zero-order valence-corrected chi connectivity index (χ0v) is 8.97. The van der Waals surface area contributed by atoms with Crippen LogP contribution in [0.25, 0.3) is 11.1 Å². The van der Waals surface area contributed by atoms with Gasteiger partial charge in [0.2, 0.25) is 0 Å². The lowest BCUT2D eigenvalue weighted by Crippen LogP contribution is -1.93. The minimum atomic E-state index is 0.0641. The van der Waals surface area contributed by atoms with Gasteiger partial charge in [0.15, 0.2) is 5.78 Å². The van der Waals surface area contributed by atoms with Gasteiger partial charge in [0.25, 0.3) is 0 Å². The molecule has 0 aliphatic carbocycles. The fraction of sp³-hybridized carbons (Fsp3) is 0.0769. The van der Waals surface area contributed by atoms with Gasteiger partial charge in [-0.3, -0.25) is 9.78 Å². The smallest absolute Gasteiger partial charge is 0.159 e. The summed E-state index contributed by atoms with van der Waals surface area (Å²) in [5, 5.41) is 0. The number of anilines is 1. The van der Waals surface area contributed by atoms with E-state index in [4.69, 9.17) is 5.73 Å². The van der Waals surface area contributed by atoms with Crippen molar-refractivity contribution in [3.05, 3.63) is 48.3 Å². The Bertz CT molecular complexity index is 518. The Hall–Kier alpha value is -2.16. The second-order valence-electron chi connectivity index (χ2n) is 3.60. The molecule has 0 bridgehead atoms. The summed E-state index contributed by atoms with van der Waals surface area (Å²) in [6.07, 6.45) is 3.32. The van der Waals surface area contributed by atoms with Crippen LogP contribution in [-0.4, -0.2) is 10.8 Å². The van der Waals surface area contributed by atoms with Crippen LogP contribution in [0.2, 0.25) is 0 Å². The largest absolute Gasteiger partial charge is 0.397 e. The second-order valence-corrected chi connectivity index (χ2v) is 3.60. The van der Waals surface area contributed by atoms with Gasteiger partial charge < -0.3 is 5.73 Å². The molecular weight excluding hydrogens is 200 g/mol. The summed E-state index contributed by atoms with van der Waals surface area (Å²) >= 11 is 0. The van der Waals surface area contributed by atoms with Crippen LogP contribution in [-0.2, 0) is 0 Å². The average Bonchev–Trinajstić information content (AvgIpc) is 2.30. The Morgan fingerprint density at radius 2 is 1.88 bits per heavy atom. The molecule has 0 saturated carbocycles. The molecule has 0 atom stereocenters. The number of hydrogen-bond donors (Lipinski definition) is 1. The predicted molar refractivity (Wildman–Crippen MR) is 64.1 cm³/mol. The molecular formula is C13H12N2O. The predicted octanol–water partition coefficient (Wildman–Crippen LogP) is 2.53. The van der Waals surface area contributed by atoms with E-state index in [1.807, 2.05) is 18.2 Å². The van der Waals surface area contributed by atoms with Crippen LogP contribution in [0.4, 0.5) is 5.69 Å². The molecule has 0 saturated heterocycles. The number of aromatic nitrogens is 1. The second kappa shape index (κ2) is 4.14. The highest BCUT2D eigenvalue weighted by atomic mass is 16.1. The zero-order chi connectivity index (χ0) is 11.5. The van der Waals surface area contributed by atoms with E-state index in [2.05, 4.69) is 4.98 Å². The van der Waals surface area contributed by atoms with E-state index in [0.29, 0.717) is 11.3 Å². The Labute approximate surface area is 93.9 Å². The first-order valence-corrected chi connectivity index (χ1v) is 4.99. The molecule has 2 aromatic rings. The fourth-order valence-corrected chi connectivity index (χ4v) is 1.55. The van der Waals surface area contributed by atoms with Gasteiger partial charge in [-0.2, -0.15) is 0 Å². The number of nitrogens with two attached hydrogens (primary N) is 1. The van der Waals surface area contributed by atoms with Gasteiger partial charge in [0.1, 0.15) is 0 Å². The Morgan fingerprint density at radius 3 is 2.44 bits per heavy atom. The van der Waals surface area contributed by atoms with Crippen molar-refractivity contribution in [2.45, 2.75) is 6.92 Å². The molecule has 16 heavy (non-hydrogen) atoms. The number of benzene rings is 1. The highest BCUT2D eigenvalue weighted by Crippen LogP contribution is 2.24. The van der Waals surface area contributed by atoms with Crippen LogP contribution in [0.5, 0.6) is 0 Å². The third-order valence-corrected chi connectivity index (χ3v) is 2.45. The van der Waals surface area contributed by atoms with Gasteiger partial charge in [-0.05, 0) is 18.6 Å². The normalized spacial score (nSPS) is 10.1. The first-order valence-electron chi connectivity index (χ1n) is 4.99. The summed E-state index contributed by atoms with van der Waals surface area (Å²) < 4.78 is 0. The number of nitrogen functional groups attached to an aromatic ring is 1. The summed E-state index contributed by atoms with van der Waals surface area (Å²) in [4.78, 5) is 15.1. The number of rotatable bonds is 2. The number of ketones is 1. The summed E-state index contributed by atoms with van der Waals surface area (Å²) in [5.41, 5.74) is 9.09. The average molecular weight is 212 g/mol. The molecule has 3 heteroatoms. The molecule has 0 spiro atoms. The number of carbonyl (C=O) groups excluding carboxylic acids is 1. The highest BCUT2D eigenvalue weighted by molar-refractivity contribution is 5.94. The molecule has 3 nitrogen and oxygen atoms in total.